The molecule has 0 radical (unpaired) electrons. The third kappa shape index (κ3) is 5.80. The molecule has 0 amide bonds. The van der Waals surface area contributed by atoms with Crippen molar-refractivity contribution < 1.29 is 0 Å². The number of benzene rings is 6. The van der Waals surface area contributed by atoms with Gasteiger partial charge in [0.2, 0.25) is 0 Å². The summed E-state index contributed by atoms with van der Waals surface area (Å²) in [6.45, 7) is 4.49. The number of imidazole rings is 1. The van der Waals surface area contributed by atoms with E-state index in [1.165, 1.54) is 16.6 Å². The second-order valence-corrected chi connectivity index (χ2v) is 12.6. The minimum absolute atomic E-state index is 0.886. The molecule has 0 saturated carbocycles. The lowest BCUT2D eigenvalue weighted by atomic mass is 9.99. The molecule has 4 nitrogen and oxygen atoms in total. The standard InChI is InChI=1S/C45H38N4/c1-3-13-33-27-28-36(14-4-2)44-43(33)48-45(49(44)38-17-9-6-10-18-38)37-29-23-32(24-30-37)31-21-25-35(26-22-31)42-41(34-15-7-5-8-16-34)46-39-19-11-12-20-40(39)47-42/h5-12,15-30H,3-4,13-14H2,1-2H3. The van der Waals surface area contributed by atoms with Gasteiger partial charge in [-0.1, -0.05) is 148 Å². The van der Waals surface area contributed by atoms with E-state index in [1.54, 1.807) is 0 Å². The number of nitrogens with zero attached hydrogens (tertiary/aromatic N) is 4. The summed E-state index contributed by atoms with van der Waals surface area (Å²) in [5, 5.41) is 0. The zero-order chi connectivity index (χ0) is 33.2. The third-order valence-corrected chi connectivity index (χ3v) is 9.28. The fraction of sp³-hybridized carbons (Fsp3) is 0.133. The lowest BCUT2D eigenvalue weighted by Gasteiger charge is -2.13. The van der Waals surface area contributed by atoms with Crippen molar-refractivity contribution in [2.24, 2.45) is 0 Å². The first-order valence-corrected chi connectivity index (χ1v) is 17.3. The van der Waals surface area contributed by atoms with Gasteiger partial charge in [0.25, 0.3) is 0 Å². The Morgan fingerprint density at radius 2 is 0.898 bits per heavy atom. The van der Waals surface area contributed by atoms with Crippen LogP contribution >= 0.6 is 0 Å². The summed E-state index contributed by atoms with van der Waals surface area (Å²) in [5.74, 6) is 0.979. The summed E-state index contributed by atoms with van der Waals surface area (Å²) in [6, 6.07) is 51.2. The Balaban J connectivity index is 1.18. The Morgan fingerprint density at radius 3 is 1.49 bits per heavy atom. The van der Waals surface area contributed by atoms with Gasteiger partial charge < -0.3 is 0 Å². The van der Waals surface area contributed by atoms with Gasteiger partial charge in [0.1, 0.15) is 5.82 Å². The van der Waals surface area contributed by atoms with Crippen LogP contribution in [0.4, 0.5) is 0 Å². The summed E-state index contributed by atoms with van der Waals surface area (Å²) in [6.07, 6.45) is 4.21. The van der Waals surface area contributed by atoms with E-state index in [1.807, 2.05) is 42.5 Å². The number of aryl methyl sites for hydroxylation is 2. The summed E-state index contributed by atoms with van der Waals surface area (Å²) in [4.78, 5) is 15.5. The van der Waals surface area contributed by atoms with Crippen molar-refractivity contribution in [3.8, 4) is 50.7 Å². The number of hydrogen-bond acceptors (Lipinski definition) is 3. The minimum atomic E-state index is 0.886. The second kappa shape index (κ2) is 13.3. The van der Waals surface area contributed by atoms with Crippen LogP contribution in [0.5, 0.6) is 0 Å². The van der Waals surface area contributed by atoms with Crippen LogP contribution in [0.15, 0.2) is 146 Å². The van der Waals surface area contributed by atoms with E-state index in [0.717, 1.165) is 93.0 Å². The molecular formula is C45H38N4. The molecule has 0 aliphatic heterocycles. The van der Waals surface area contributed by atoms with E-state index in [0.29, 0.717) is 0 Å². The third-order valence-electron chi connectivity index (χ3n) is 9.28. The number of para-hydroxylation sites is 3. The molecule has 2 heterocycles. The van der Waals surface area contributed by atoms with Gasteiger partial charge >= 0.3 is 0 Å². The molecule has 8 rings (SSSR count). The average Bonchev–Trinajstić information content (AvgIpc) is 3.58. The van der Waals surface area contributed by atoms with Crippen molar-refractivity contribution in [3.05, 3.63) is 157 Å². The highest BCUT2D eigenvalue weighted by atomic mass is 15.1. The molecule has 0 unspecified atom stereocenters. The van der Waals surface area contributed by atoms with Crippen molar-refractivity contribution in [2.45, 2.75) is 39.5 Å². The summed E-state index contributed by atoms with van der Waals surface area (Å²) in [5.41, 5.74) is 15.2. The van der Waals surface area contributed by atoms with Gasteiger partial charge in [-0.3, -0.25) is 4.57 Å². The molecule has 0 aliphatic carbocycles. The maximum atomic E-state index is 5.37. The van der Waals surface area contributed by atoms with E-state index in [9.17, 15) is 0 Å². The molecule has 6 aromatic carbocycles. The van der Waals surface area contributed by atoms with E-state index in [4.69, 9.17) is 15.0 Å². The SMILES string of the molecule is CCCc1ccc(CCC)c2c1nc(-c1ccc(-c3ccc(-c4nc5ccccc5nc4-c4ccccc4)cc3)cc1)n2-c1ccccc1. The zero-order valence-electron chi connectivity index (χ0n) is 28.0. The maximum absolute atomic E-state index is 5.37. The largest absolute Gasteiger partial charge is 0.292 e. The molecule has 2 aromatic heterocycles. The van der Waals surface area contributed by atoms with Gasteiger partial charge in [-0.05, 0) is 59.4 Å². The number of aromatic nitrogens is 4. The van der Waals surface area contributed by atoms with Gasteiger partial charge in [-0.25, -0.2) is 15.0 Å². The quantitative estimate of drug-likeness (QED) is 0.159. The molecule has 4 heteroatoms. The smallest absolute Gasteiger partial charge is 0.145 e. The first kappa shape index (κ1) is 30.5. The zero-order valence-corrected chi connectivity index (χ0v) is 28.0. The summed E-state index contributed by atoms with van der Waals surface area (Å²) in [7, 11) is 0. The van der Waals surface area contributed by atoms with Gasteiger partial charge in [-0.2, -0.15) is 0 Å². The first-order valence-electron chi connectivity index (χ1n) is 17.3. The van der Waals surface area contributed by atoms with E-state index < -0.39 is 0 Å². The molecule has 0 aliphatic rings. The lowest BCUT2D eigenvalue weighted by molar-refractivity contribution is 0.910. The van der Waals surface area contributed by atoms with Crippen LogP contribution in [0.2, 0.25) is 0 Å². The number of fused-ring (bicyclic) bond motifs is 2. The molecule has 238 valence electrons. The number of hydrogen-bond donors (Lipinski definition) is 0. The predicted octanol–water partition coefficient (Wildman–Crippen LogP) is 11.5. The topological polar surface area (TPSA) is 43.6 Å². The second-order valence-electron chi connectivity index (χ2n) is 12.6. The Morgan fingerprint density at radius 1 is 0.429 bits per heavy atom. The number of rotatable bonds is 9. The normalized spacial score (nSPS) is 11.4. The highest BCUT2D eigenvalue weighted by Gasteiger charge is 2.20. The molecular weight excluding hydrogens is 597 g/mol. The van der Waals surface area contributed by atoms with Crippen LogP contribution in [0.25, 0.3) is 72.8 Å². The highest BCUT2D eigenvalue weighted by molar-refractivity contribution is 5.89. The van der Waals surface area contributed by atoms with Gasteiger partial charge in [-0.15, -0.1) is 0 Å². The molecule has 0 N–H and O–H groups in total. The first-order chi connectivity index (χ1) is 24.2. The van der Waals surface area contributed by atoms with Crippen molar-refractivity contribution in [2.75, 3.05) is 0 Å². The fourth-order valence-corrected chi connectivity index (χ4v) is 6.89. The molecule has 0 bridgehead atoms. The highest BCUT2D eigenvalue weighted by Crippen LogP contribution is 2.36. The Bertz CT molecular complexity index is 2370. The van der Waals surface area contributed by atoms with E-state index in [-0.39, 0.29) is 0 Å². The molecule has 8 aromatic rings. The predicted molar refractivity (Wildman–Crippen MR) is 204 cm³/mol. The molecule has 0 spiro atoms. The summed E-state index contributed by atoms with van der Waals surface area (Å²) >= 11 is 0. The maximum Gasteiger partial charge on any atom is 0.145 e. The minimum Gasteiger partial charge on any atom is -0.292 e. The van der Waals surface area contributed by atoms with E-state index >= 15 is 0 Å². The van der Waals surface area contributed by atoms with Crippen LogP contribution in [-0.4, -0.2) is 19.5 Å². The van der Waals surface area contributed by atoms with Crippen LogP contribution in [0, 0.1) is 0 Å². The van der Waals surface area contributed by atoms with Crippen LogP contribution in [0.1, 0.15) is 37.8 Å². The average molecular weight is 635 g/mol. The van der Waals surface area contributed by atoms with E-state index in [2.05, 4.69) is 122 Å². The summed E-state index contributed by atoms with van der Waals surface area (Å²) < 4.78 is 2.37. The molecule has 0 fully saturated rings. The van der Waals surface area contributed by atoms with Crippen molar-refractivity contribution in [1.29, 1.82) is 0 Å². The molecule has 0 atom stereocenters. The van der Waals surface area contributed by atoms with Crippen molar-refractivity contribution in [3.63, 3.8) is 0 Å². The Kier molecular flexibility index (Phi) is 8.28. The van der Waals surface area contributed by atoms with Crippen LogP contribution < -0.4 is 0 Å². The lowest BCUT2D eigenvalue weighted by Crippen LogP contribution is -2.00. The van der Waals surface area contributed by atoms with Crippen LogP contribution in [-0.2, 0) is 12.8 Å². The monoisotopic (exact) mass is 634 g/mol. The molecule has 49 heavy (non-hydrogen) atoms. The fourth-order valence-electron chi connectivity index (χ4n) is 6.89. The van der Waals surface area contributed by atoms with Crippen LogP contribution in [0.3, 0.4) is 0 Å². The molecule has 0 saturated heterocycles. The van der Waals surface area contributed by atoms with Gasteiger partial charge in [0.15, 0.2) is 0 Å². The van der Waals surface area contributed by atoms with Gasteiger partial charge in [0.05, 0.1) is 33.5 Å². The van der Waals surface area contributed by atoms with Crippen molar-refractivity contribution >= 4 is 22.1 Å². The Labute approximate surface area is 287 Å². The van der Waals surface area contributed by atoms with Gasteiger partial charge in [0, 0.05) is 22.4 Å². The Hall–Kier alpha value is -5.87. The van der Waals surface area contributed by atoms with Crippen molar-refractivity contribution in [1.82, 2.24) is 19.5 Å².